The number of likely N-dealkylation sites (tertiary alicyclic amines) is 1. The minimum Gasteiger partial charge on any atom is -0.357 e. The zero-order valence-corrected chi connectivity index (χ0v) is 23.1. The second-order valence-corrected chi connectivity index (χ2v) is 9.57. The van der Waals surface area contributed by atoms with Gasteiger partial charge in [0.2, 0.25) is 0 Å². The normalized spacial score (nSPS) is 18.4. The van der Waals surface area contributed by atoms with Crippen LogP contribution in [0.15, 0.2) is 53.7 Å². The topological polar surface area (TPSA) is 55.8 Å². The Kier molecular flexibility index (Phi) is 10.9. The molecule has 0 spiro atoms. The number of nitrogens with zero attached hydrogens (tertiary/aromatic N) is 4. The summed E-state index contributed by atoms with van der Waals surface area (Å²) >= 11 is 0. The standard InChI is InChI=1S/C27H40N6.HI/c1-3-28-27(31-25-13-15-32(16-14-25)21-23-7-5-4-6-8-23)30-20-24-9-10-26(29-19-24)33-17-11-22(2)12-18-33;/h4-10,19,22,25H,3,11-18,20-21H2,1-2H3,(H2,28,30,31);1H. The highest BCUT2D eigenvalue weighted by molar-refractivity contribution is 14.0. The van der Waals surface area contributed by atoms with Gasteiger partial charge in [-0.25, -0.2) is 9.98 Å². The van der Waals surface area contributed by atoms with Gasteiger partial charge in [-0.1, -0.05) is 43.3 Å². The van der Waals surface area contributed by atoms with E-state index in [1.54, 1.807) is 0 Å². The number of pyridine rings is 1. The summed E-state index contributed by atoms with van der Waals surface area (Å²) in [4.78, 5) is 14.5. The van der Waals surface area contributed by atoms with E-state index in [0.29, 0.717) is 12.6 Å². The molecule has 0 bridgehead atoms. The van der Waals surface area contributed by atoms with Crippen LogP contribution in [0, 0.1) is 5.92 Å². The monoisotopic (exact) mass is 576 g/mol. The lowest BCUT2D eigenvalue weighted by Crippen LogP contribution is -2.48. The van der Waals surface area contributed by atoms with Crippen molar-refractivity contribution in [1.29, 1.82) is 0 Å². The quantitative estimate of drug-likeness (QED) is 0.286. The van der Waals surface area contributed by atoms with E-state index >= 15 is 0 Å². The second kappa shape index (κ2) is 13.9. The minimum absolute atomic E-state index is 0. The molecule has 2 aliphatic heterocycles. The average molecular weight is 577 g/mol. The van der Waals surface area contributed by atoms with E-state index in [2.05, 4.69) is 76.7 Å². The molecule has 34 heavy (non-hydrogen) atoms. The summed E-state index contributed by atoms with van der Waals surface area (Å²) in [6.07, 6.45) is 6.79. The summed E-state index contributed by atoms with van der Waals surface area (Å²) in [6.45, 7) is 11.5. The van der Waals surface area contributed by atoms with E-state index < -0.39 is 0 Å². The van der Waals surface area contributed by atoms with Gasteiger partial charge in [-0.05, 0) is 55.7 Å². The van der Waals surface area contributed by atoms with Crippen LogP contribution in [-0.2, 0) is 13.1 Å². The van der Waals surface area contributed by atoms with E-state index in [0.717, 1.165) is 75.4 Å². The highest BCUT2D eigenvalue weighted by Crippen LogP contribution is 2.21. The fourth-order valence-electron chi connectivity index (χ4n) is 4.70. The van der Waals surface area contributed by atoms with E-state index in [9.17, 15) is 0 Å². The first kappa shape index (κ1) is 26.7. The molecule has 0 atom stereocenters. The molecule has 0 aliphatic carbocycles. The van der Waals surface area contributed by atoms with Crippen molar-refractivity contribution in [3.63, 3.8) is 0 Å². The maximum Gasteiger partial charge on any atom is 0.191 e. The Balaban J connectivity index is 0.00000324. The van der Waals surface area contributed by atoms with Gasteiger partial charge in [0.25, 0.3) is 0 Å². The van der Waals surface area contributed by atoms with E-state index in [4.69, 9.17) is 9.98 Å². The molecule has 2 N–H and O–H groups in total. The summed E-state index contributed by atoms with van der Waals surface area (Å²) in [7, 11) is 0. The summed E-state index contributed by atoms with van der Waals surface area (Å²) in [6, 6.07) is 15.6. The Labute approximate surface area is 222 Å². The lowest BCUT2D eigenvalue weighted by Gasteiger charge is -2.33. The highest BCUT2D eigenvalue weighted by Gasteiger charge is 2.20. The molecule has 2 aliphatic rings. The lowest BCUT2D eigenvalue weighted by atomic mass is 9.99. The molecular formula is C27H41IN6. The highest BCUT2D eigenvalue weighted by atomic mass is 127. The first-order valence-corrected chi connectivity index (χ1v) is 12.7. The third-order valence-corrected chi connectivity index (χ3v) is 6.86. The van der Waals surface area contributed by atoms with Crippen LogP contribution >= 0.6 is 24.0 Å². The average Bonchev–Trinajstić information content (AvgIpc) is 2.85. The van der Waals surface area contributed by atoms with Gasteiger partial charge in [0, 0.05) is 51.5 Å². The number of halogens is 1. The summed E-state index contributed by atoms with van der Waals surface area (Å²) < 4.78 is 0. The fourth-order valence-corrected chi connectivity index (χ4v) is 4.70. The SMILES string of the molecule is CCNC(=NCc1ccc(N2CCC(C)CC2)nc1)NC1CCN(Cc2ccccc2)CC1.I. The van der Waals surface area contributed by atoms with Crippen LogP contribution < -0.4 is 15.5 Å². The van der Waals surface area contributed by atoms with Crippen molar-refractivity contribution >= 4 is 35.8 Å². The molecule has 2 fully saturated rings. The number of aromatic nitrogens is 1. The van der Waals surface area contributed by atoms with Gasteiger partial charge in [-0.15, -0.1) is 24.0 Å². The van der Waals surface area contributed by atoms with Crippen LogP contribution in [0.5, 0.6) is 0 Å². The molecule has 6 nitrogen and oxygen atoms in total. The molecule has 1 aromatic heterocycles. The zero-order valence-electron chi connectivity index (χ0n) is 20.7. The van der Waals surface area contributed by atoms with E-state index in [-0.39, 0.29) is 24.0 Å². The summed E-state index contributed by atoms with van der Waals surface area (Å²) in [5, 5.41) is 7.08. The molecule has 1 aromatic carbocycles. The number of nitrogens with one attached hydrogen (secondary N) is 2. The number of rotatable bonds is 7. The molecule has 4 rings (SSSR count). The number of piperidine rings is 2. The third-order valence-electron chi connectivity index (χ3n) is 6.86. The number of hydrogen-bond acceptors (Lipinski definition) is 4. The van der Waals surface area contributed by atoms with Crippen LogP contribution in [0.2, 0.25) is 0 Å². The van der Waals surface area contributed by atoms with Crippen molar-refractivity contribution in [2.45, 2.75) is 58.7 Å². The fraction of sp³-hybridized carbons (Fsp3) is 0.556. The predicted octanol–water partition coefficient (Wildman–Crippen LogP) is 4.66. The Morgan fingerprint density at radius 1 is 0.971 bits per heavy atom. The van der Waals surface area contributed by atoms with Gasteiger partial charge in [-0.3, -0.25) is 4.90 Å². The van der Waals surface area contributed by atoms with Gasteiger partial charge in [0.15, 0.2) is 5.96 Å². The Morgan fingerprint density at radius 2 is 1.71 bits per heavy atom. The first-order chi connectivity index (χ1) is 16.2. The Bertz CT molecular complexity index is 856. The first-order valence-electron chi connectivity index (χ1n) is 12.7. The molecule has 2 aromatic rings. The number of hydrogen-bond donors (Lipinski definition) is 2. The molecule has 0 saturated carbocycles. The zero-order chi connectivity index (χ0) is 22.9. The van der Waals surface area contributed by atoms with Gasteiger partial charge >= 0.3 is 0 Å². The maximum absolute atomic E-state index is 4.84. The molecule has 0 amide bonds. The minimum atomic E-state index is 0. The van der Waals surface area contributed by atoms with E-state index in [1.807, 2.05) is 6.20 Å². The van der Waals surface area contributed by atoms with Gasteiger partial charge in [-0.2, -0.15) is 0 Å². The molecule has 2 saturated heterocycles. The van der Waals surface area contributed by atoms with Crippen molar-refractivity contribution in [3.8, 4) is 0 Å². The largest absolute Gasteiger partial charge is 0.357 e. The Morgan fingerprint density at radius 3 is 2.35 bits per heavy atom. The third kappa shape index (κ3) is 8.12. The summed E-state index contributed by atoms with van der Waals surface area (Å²) in [5.74, 6) is 2.85. The van der Waals surface area contributed by atoms with Gasteiger partial charge in [0.1, 0.15) is 5.82 Å². The Hall–Kier alpha value is -1.87. The smallest absolute Gasteiger partial charge is 0.191 e. The van der Waals surface area contributed by atoms with Gasteiger partial charge in [0.05, 0.1) is 6.54 Å². The van der Waals surface area contributed by atoms with Crippen molar-refractivity contribution in [3.05, 3.63) is 59.8 Å². The predicted molar refractivity (Wildman–Crippen MR) is 153 cm³/mol. The lowest BCUT2D eigenvalue weighted by molar-refractivity contribution is 0.198. The molecule has 3 heterocycles. The number of benzene rings is 1. The number of anilines is 1. The summed E-state index contributed by atoms with van der Waals surface area (Å²) in [5.41, 5.74) is 2.55. The van der Waals surface area contributed by atoms with Crippen molar-refractivity contribution in [2.75, 3.05) is 37.6 Å². The van der Waals surface area contributed by atoms with Crippen molar-refractivity contribution < 1.29 is 0 Å². The van der Waals surface area contributed by atoms with Crippen LogP contribution in [0.25, 0.3) is 0 Å². The molecule has 7 heteroatoms. The molecular weight excluding hydrogens is 535 g/mol. The van der Waals surface area contributed by atoms with Gasteiger partial charge < -0.3 is 15.5 Å². The van der Waals surface area contributed by atoms with Crippen molar-refractivity contribution in [1.82, 2.24) is 20.5 Å². The number of aliphatic imine (C=N–C) groups is 1. The second-order valence-electron chi connectivity index (χ2n) is 9.57. The van der Waals surface area contributed by atoms with Crippen LogP contribution in [0.1, 0.15) is 50.7 Å². The molecule has 186 valence electrons. The van der Waals surface area contributed by atoms with Crippen LogP contribution in [0.3, 0.4) is 0 Å². The van der Waals surface area contributed by atoms with E-state index in [1.165, 1.54) is 18.4 Å². The van der Waals surface area contributed by atoms with Crippen molar-refractivity contribution in [2.24, 2.45) is 10.9 Å². The van der Waals surface area contributed by atoms with Crippen LogP contribution in [-0.4, -0.2) is 54.6 Å². The van der Waals surface area contributed by atoms with Crippen LogP contribution in [0.4, 0.5) is 5.82 Å². The number of guanidine groups is 1. The maximum atomic E-state index is 4.84. The molecule has 0 radical (unpaired) electrons. The molecule has 0 unspecified atom stereocenters.